The minimum Gasteiger partial charge on any atom is -0.452 e. The normalized spacial score (nSPS) is 15.3. The number of hydrogen-bond donors (Lipinski definition) is 1. The van der Waals surface area contributed by atoms with Crippen LogP contribution in [0, 0.1) is 0 Å². The van der Waals surface area contributed by atoms with Crippen LogP contribution in [0.15, 0.2) is 48.6 Å². The van der Waals surface area contributed by atoms with E-state index in [9.17, 15) is 9.59 Å². The van der Waals surface area contributed by atoms with Crippen molar-refractivity contribution < 1.29 is 14.3 Å². The zero-order valence-electron chi connectivity index (χ0n) is 14.7. The van der Waals surface area contributed by atoms with Crippen LogP contribution in [0.4, 0.5) is 11.4 Å². The molecule has 5 heteroatoms. The van der Waals surface area contributed by atoms with Gasteiger partial charge in [-0.15, -0.1) is 0 Å². The SMILES string of the molecule is C/C=C/C=C/C(=O)OCC(=O)Nc1ccc(N2CCCCCC2)cc1. The van der Waals surface area contributed by atoms with E-state index in [0.717, 1.165) is 13.1 Å². The maximum absolute atomic E-state index is 11.8. The first-order valence-corrected chi connectivity index (χ1v) is 8.80. The van der Waals surface area contributed by atoms with Crippen LogP contribution in [0.25, 0.3) is 0 Å². The fraction of sp³-hybridized carbons (Fsp3) is 0.400. The zero-order valence-corrected chi connectivity index (χ0v) is 14.7. The Labute approximate surface area is 149 Å². The first-order valence-electron chi connectivity index (χ1n) is 8.80. The molecule has 1 aromatic rings. The number of rotatable bonds is 6. The van der Waals surface area contributed by atoms with E-state index in [-0.39, 0.29) is 12.5 Å². The lowest BCUT2D eigenvalue weighted by atomic mass is 10.2. The number of allylic oxidation sites excluding steroid dienone is 3. The molecule has 0 spiro atoms. The molecule has 25 heavy (non-hydrogen) atoms. The van der Waals surface area contributed by atoms with Crippen molar-refractivity contribution in [2.45, 2.75) is 32.6 Å². The number of ether oxygens (including phenoxy) is 1. The highest BCUT2D eigenvalue weighted by Crippen LogP contribution is 2.21. The molecule has 1 N–H and O–H groups in total. The van der Waals surface area contributed by atoms with Crippen molar-refractivity contribution in [1.82, 2.24) is 0 Å². The fourth-order valence-electron chi connectivity index (χ4n) is 2.71. The average Bonchev–Trinajstić information content (AvgIpc) is 2.90. The van der Waals surface area contributed by atoms with Gasteiger partial charge < -0.3 is 15.0 Å². The molecule has 1 aromatic carbocycles. The Balaban J connectivity index is 1.79. The van der Waals surface area contributed by atoms with Gasteiger partial charge in [0.25, 0.3) is 5.91 Å². The molecule has 0 atom stereocenters. The van der Waals surface area contributed by atoms with Gasteiger partial charge in [0.1, 0.15) is 0 Å². The van der Waals surface area contributed by atoms with Gasteiger partial charge in [-0.1, -0.05) is 31.1 Å². The van der Waals surface area contributed by atoms with Crippen LogP contribution < -0.4 is 10.2 Å². The van der Waals surface area contributed by atoms with Crippen LogP contribution in [0.5, 0.6) is 0 Å². The quantitative estimate of drug-likeness (QED) is 0.487. The summed E-state index contributed by atoms with van der Waals surface area (Å²) >= 11 is 0. The summed E-state index contributed by atoms with van der Waals surface area (Å²) in [6.45, 7) is 3.72. The molecule has 134 valence electrons. The number of carbonyl (C=O) groups is 2. The van der Waals surface area contributed by atoms with Gasteiger partial charge in [-0.3, -0.25) is 4.79 Å². The van der Waals surface area contributed by atoms with Gasteiger partial charge in [0.05, 0.1) is 0 Å². The second-order valence-electron chi connectivity index (χ2n) is 5.99. The average molecular weight is 342 g/mol. The van der Waals surface area contributed by atoms with Crippen molar-refractivity contribution in [2.24, 2.45) is 0 Å². The molecular formula is C20H26N2O3. The Bertz CT molecular complexity index is 612. The topological polar surface area (TPSA) is 58.6 Å². The second-order valence-corrected chi connectivity index (χ2v) is 5.99. The highest BCUT2D eigenvalue weighted by molar-refractivity contribution is 5.93. The standard InChI is InChI=1S/C20H26N2O3/c1-2-3-6-9-20(24)25-16-19(23)21-17-10-12-18(13-11-17)22-14-7-4-5-8-15-22/h2-3,6,9-13H,4-5,7-8,14-16H2,1H3,(H,21,23)/b3-2+,9-6+. The second kappa shape index (κ2) is 10.3. The number of anilines is 2. The van der Waals surface area contributed by atoms with E-state index >= 15 is 0 Å². The molecule has 0 bridgehead atoms. The fourth-order valence-corrected chi connectivity index (χ4v) is 2.71. The van der Waals surface area contributed by atoms with Crippen LogP contribution >= 0.6 is 0 Å². The van der Waals surface area contributed by atoms with Crippen molar-refractivity contribution in [3.8, 4) is 0 Å². The Morgan fingerprint density at radius 3 is 2.40 bits per heavy atom. The van der Waals surface area contributed by atoms with Crippen LogP contribution in [0.1, 0.15) is 32.6 Å². The Hall–Kier alpha value is -2.56. The molecular weight excluding hydrogens is 316 g/mol. The maximum Gasteiger partial charge on any atom is 0.331 e. The Morgan fingerprint density at radius 2 is 1.76 bits per heavy atom. The summed E-state index contributed by atoms with van der Waals surface area (Å²) in [6, 6.07) is 7.80. The highest BCUT2D eigenvalue weighted by Gasteiger charge is 2.10. The summed E-state index contributed by atoms with van der Waals surface area (Å²) in [6.07, 6.45) is 11.4. The molecule has 0 radical (unpaired) electrons. The number of carbonyl (C=O) groups excluding carboxylic acids is 2. The summed E-state index contributed by atoms with van der Waals surface area (Å²) in [5.74, 6) is -0.889. The minimum absolute atomic E-state index is 0.299. The molecule has 2 rings (SSSR count). The smallest absolute Gasteiger partial charge is 0.331 e. The number of amides is 1. The van der Waals surface area contributed by atoms with E-state index < -0.39 is 5.97 Å². The van der Waals surface area contributed by atoms with E-state index in [0.29, 0.717) is 5.69 Å². The van der Waals surface area contributed by atoms with Gasteiger partial charge in [-0.2, -0.15) is 0 Å². The number of nitrogens with one attached hydrogen (secondary N) is 1. The summed E-state index contributed by atoms with van der Waals surface area (Å²) in [4.78, 5) is 25.6. The summed E-state index contributed by atoms with van der Waals surface area (Å²) < 4.78 is 4.88. The molecule has 1 heterocycles. The monoisotopic (exact) mass is 342 g/mol. The van der Waals surface area contributed by atoms with Gasteiger partial charge in [0.2, 0.25) is 0 Å². The lowest BCUT2D eigenvalue weighted by Crippen LogP contribution is -2.24. The lowest BCUT2D eigenvalue weighted by Gasteiger charge is -2.22. The van der Waals surface area contributed by atoms with Gasteiger partial charge in [-0.25, -0.2) is 4.79 Å². The van der Waals surface area contributed by atoms with Gasteiger partial charge in [0.15, 0.2) is 6.61 Å². The number of hydrogen-bond acceptors (Lipinski definition) is 4. The lowest BCUT2D eigenvalue weighted by molar-refractivity contribution is -0.142. The maximum atomic E-state index is 11.8. The van der Waals surface area contributed by atoms with E-state index in [1.54, 1.807) is 18.2 Å². The van der Waals surface area contributed by atoms with E-state index in [2.05, 4.69) is 10.2 Å². The van der Waals surface area contributed by atoms with Crippen LogP contribution in [-0.2, 0) is 14.3 Å². The molecule has 0 unspecified atom stereocenters. The van der Waals surface area contributed by atoms with Crippen LogP contribution in [-0.4, -0.2) is 31.6 Å². The summed E-state index contributed by atoms with van der Waals surface area (Å²) in [7, 11) is 0. The minimum atomic E-state index is -0.537. The molecule has 0 saturated carbocycles. The van der Waals surface area contributed by atoms with Crippen LogP contribution in [0.3, 0.4) is 0 Å². The largest absolute Gasteiger partial charge is 0.452 e. The van der Waals surface area contributed by atoms with Crippen molar-refractivity contribution in [1.29, 1.82) is 0 Å². The number of benzene rings is 1. The van der Waals surface area contributed by atoms with Gasteiger partial charge in [-0.05, 0) is 44.0 Å². The first-order chi connectivity index (χ1) is 12.2. The van der Waals surface area contributed by atoms with E-state index in [1.165, 1.54) is 37.4 Å². The molecule has 0 aromatic heterocycles. The highest BCUT2D eigenvalue weighted by atomic mass is 16.5. The van der Waals surface area contributed by atoms with Crippen molar-refractivity contribution in [3.05, 3.63) is 48.6 Å². The predicted octanol–water partition coefficient (Wildman–Crippen LogP) is 3.68. The Kier molecular flexibility index (Phi) is 7.76. The third kappa shape index (κ3) is 6.83. The van der Waals surface area contributed by atoms with Crippen molar-refractivity contribution in [2.75, 3.05) is 29.9 Å². The van der Waals surface area contributed by atoms with Crippen molar-refractivity contribution in [3.63, 3.8) is 0 Å². The third-order valence-electron chi connectivity index (χ3n) is 4.00. The molecule has 1 saturated heterocycles. The third-order valence-corrected chi connectivity index (χ3v) is 4.00. The molecule has 1 amide bonds. The van der Waals surface area contributed by atoms with Crippen LogP contribution in [0.2, 0.25) is 0 Å². The zero-order chi connectivity index (χ0) is 17.9. The number of esters is 1. The Morgan fingerprint density at radius 1 is 1.08 bits per heavy atom. The molecule has 0 aliphatic carbocycles. The first kappa shape index (κ1) is 18.8. The predicted molar refractivity (Wildman–Crippen MR) is 101 cm³/mol. The van der Waals surface area contributed by atoms with Gasteiger partial charge in [0, 0.05) is 30.5 Å². The molecule has 1 aliphatic rings. The van der Waals surface area contributed by atoms with Gasteiger partial charge >= 0.3 is 5.97 Å². The molecule has 1 aliphatic heterocycles. The van der Waals surface area contributed by atoms with E-state index in [1.807, 2.05) is 31.2 Å². The summed E-state index contributed by atoms with van der Waals surface area (Å²) in [5.41, 5.74) is 1.88. The molecule has 1 fully saturated rings. The summed E-state index contributed by atoms with van der Waals surface area (Å²) in [5, 5.41) is 2.73. The van der Waals surface area contributed by atoms with E-state index in [4.69, 9.17) is 4.74 Å². The molecule has 5 nitrogen and oxygen atoms in total. The van der Waals surface area contributed by atoms with Crippen molar-refractivity contribution >= 4 is 23.3 Å². The number of nitrogens with zero attached hydrogens (tertiary/aromatic N) is 1.